The molecule has 0 spiro atoms. The van der Waals surface area contributed by atoms with E-state index in [9.17, 15) is 14.4 Å². The fourth-order valence-electron chi connectivity index (χ4n) is 5.50. The summed E-state index contributed by atoms with van der Waals surface area (Å²) in [4.78, 5) is 47.2. The van der Waals surface area contributed by atoms with Gasteiger partial charge in [-0.15, -0.1) is 0 Å². The Balaban J connectivity index is 0.000000199. The molecule has 3 amide bonds. The molecule has 0 aliphatic heterocycles. The average Bonchev–Trinajstić information content (AvgIpc) is 3.61. The molecule has 4 heterocycles. The van der Waals surface area contributed by atoms with Gasteiger partial charge in [0.25, 0.3) is 0 Å². The van der Waals surface area contributed by atoms with E-state index in [2.05, 4.69) is 60.8 Å². The standard InChI is InChI=1S/C21H22N4O2.C19H20N4O/c1-15(26)23-20-10-8-16(13-22-20)9-11-21(27)24(2)14-18-12-17-6-4-5-7-19(17)25(18)3;1-22(19(24)10-8-14-7-9-18(20)21-12-14)13-16-11-15-5-3-4-6-17(15)23(16)2/h4-13H,14H2,1-3H3,(H,22,23,26);3-12H,13H2,1-2H3,(H2,20,21)/b11-9+;10-8+. The number of pyridine rings is 2. The number of hydrogen-bond donors (Lipinski definition) is 2. The number of nitrogens with zero attached hydrogens (tertiary/aromatic N) is 6. The molecule has 6 aromatic rings. The lowest BCUT2D eigenvalue weighted by atomic mass is 10.2. The second-order valence-electron chi connectivity index (χ2n) is 12.2. The van der Waals surface area contributed by atoms with Crippen LogP contribution in [0.3, 0.4) is 0 Å². The number of rotatable bonds is 9. The molecule has 11 heteroatoms. The summed E-state index contributed by atoms with van der Waals surface area (Å²) in [5, 5.41) is 4.95. The maximum absolute atomic E-state index is 12.4. The second-order valence-corrected chi connectivity index (χ2v) is 12.2. The van der Waals surface area contributed by atoms with E-state index in [0.29, 0.717) is 24.7 Å². The van der Waals surface area contributed by atoms with Crippen molar-refractivity contribution in [3.05, 3.63) is 132 Å². The van der Waals surface area contributed by atoms with E-state index in [1.807, 2.05) is 44.4 Å². The molecule has 0 bridgehead atoms. The third kappa shape index (κ3) is 9.36. The molecule has 0 saturated carbocycles. The number of anilines is 2. The minimum Gasteiger partial charge on any atom is -0.384 e. The Labute approximate surface area is 297 Å². The highest BCUT2D eigenvalue weighted by molar-refractivity contribution is 5.92. The number of hydrogen-bond acceptors (Lipinski definition) is 6. The molecule has 0 atom stereocenters. The Morgan fingerprint density at radius 2 is 1.18 bits per heavy atom. The van der Waals surface area contributed by atoms with Gasteiger partial charge < -0.3 is 30.0 Å². The summed E-state index contributed by atoms with van der Waals surface area (Å²) < 4.78 is 4.22. The number of nitrogens with one attached hydrogen (secondary N) is 1. The molecule has 6 rings (SSSR count). The molecule has 0 saturated heterocycles. The molecular formula is C40H42N8O3. The largest absolute Gasteiger partial charge is 0.384 e. The predicted molar refractivity (Wildman–Crippen MR) is 204 cm³/mol. The molecule has 0 fully saturated rings. The molecule has 11 nitrogen and oxygen atoms in total. The van der Waals surface area contributed by atoms with Crippen LogP contribution in [0.2, 0.25) is 0 Å². The van der Waals surface area contributed by atoms with E-state index in [0.717, 1.165) is 38.9 Å². The van der Waals surface area contributed by atoms with Crippen LogP contribution in [0.15, 0.2) is 109 Å². The number of likely N-dealkylation sites (N-methyl/N-ethyl adjacent to an activating group) is 2. The Bertz CT molecular complexity index is 2210. The van der Waals surface area contributed by atoms with Gasteiger partial charge in [-0.2, -0.15) is 0 Å². The van der Waals surface area contributed by atoms with E-state index in [-0.39, 0.29) is 17.7 Å². The van der Waals surface area contributed by atoms with Gasteiger partial charge in [0.1, 0.15) is 11.6 Å². The van der Waals surface area contributed by atoms with Gasteiger partial charge in [0.05, 0.1) is 13.1 Å². The summed E-state index contributed by atoms with van der Waals surface area (Å²) in [5.41, 5.74) is 11.7. The van der Waals surface area contributed by atoms with E-state index in [1.54, 1.807) is 72.7 Å². The Morgan fingerprint density at radius 3 is 1.59 bits per heavy atom. The zero-order valence-electron chi connectivity index (χ0n) is 29.4. The molecule has 3 N–H and O–H groups in total. The monoisotopic (exact) mass is 682 g/mol. The molecule has 51 heavy (non-hydrogen) atoms. The quantitative estimate of drug-likeness (QED) is 0.179. The Morgan fingerprint density at radius 1 is 0.706 bits per heavy atom. The molecule has 4 aromatic heterocycles. The number of fused-ring (bicyclic) bond motifs is 2. The molecular weight excluding hydrogens is 640 g/mol. The average molecular weight is 683 g/mol. The summed E-state index contributed by atoms with van der Waals surface area (Å²) in [6.45, 7) is 2.50. The fourth-order valence-corrected chi connectivity index (χ4v) is 5.50. The third-order valence-electron chi connectivity index (χ3n) is 8.39. The number of nitrogen functional groups attached to an aromatic ring is 1. The van der Waals surface area contributed by atoms with Crippen LogP contribution >= 0.6 is 0 Å². The molecule has 0 aliphatic carbocycles. The highest BCUT2D eigenvalue weighted by Gasteiger charge is 2.12. The highest BCUT2D eigenvalue weighted by atomic mass is 16.2. The van der Waals surface area contributed by atoms with Crippen LogP contribution in [0, 0.1) is 0 Å². The second kappa shape index (κ2) is 16.3. The SMILES string of the molecule is CC(=O)Nc1ccc(/C=C/C(=O)N(C)Cc2cc3ccccc3n2C)cn1.CN(Cc1cc2ccccc2n1C)C(=O)/C=C/c1ccc(N)nc1. The predicted octanol–water partition coefficient (Wildman–Crippen LogP) is 6.03. The van der Waals surface area contributed by atoms with Gasteiger partial charge in [0.2, 0.25) is 17.7 Å². The summed E-state index contributed by atoms with van der Waals surface area (Å²) in [6, 6.07) is 27.6. The van der Waals surface area contributed by atoms with Crippen LogP contribution in [0.1, 0.15) is 29.4 Å². The van der Waals surface area contributed by atoms with Crippen LogP contribution < -0.4 is 11.1 Å². The van der Waals surface area contributed by atoms with Crippen molar-refractivity contribution in [3.63, 3.8) is 0 Å². The summed E-state index contributed by atoms with van der Waals surface area (Å²) in [7, 11) is 7.61. The van der Waals surface area contributed by atoms with Crippen LogP contribution in [-0.2, 0) is 41.6 Å². The van der Waals surface area contributed by atoms with Crippen molar-refractivity contribution in [1.29, 1.82) is 0 Å². The highest BCUT2D eigenvalue weighted by Crippen LogP contribution is 2.21. The van der Waals surface area contributed by atoms with Crippen molar-refractivity contribution in [2.24, 2.45) is 14.1 Å². The van der Waals surface area contributed by atoms with Crippen molar-refractivity contribution in [1.82, 2.24) is 28.9 Å². The van der Waals surface area contributed by atoms with E-state index < -0.39 is 0 Å². The first-order valence-corrected chi connectivity index (χ1v) is 16.4. The fraction of sp³-hybridized carbons (Fsp3) is 0.175. The van der Waals surface area contributed by atoms with Crippen LogP contribution in [0.5, 0.6) is 0 Å². The van der Waals surface area contributed by atoms with E-state index >= 15 is 0 Å². The number of nitrogens with two attached hydrogens (primary N) is 1. The first-order valence-electron chi connectivity index (χ1n) is 16.4. The van der Waals surface area contributed by atoms with Crippen LogP contribution in [0.4, 0.5) is 11.6 Å². The van der Waals surface area contributed by atoms with Gasteiger partial charge in [-0.1, -0.05) is 36.4 Å². The lowest BCUT2D eigenvalue weighted by Gasteiger charge is -2.15. The van der Waals surface area contributed by atoms with Crippen molar-refractivity contribution in [2.75, 3.05) is 25.1 Å². The normalized spacial score (nSPS) is 11.2. The summed E-state index contributed by atoms with van der Waals surface area (Å²) in [6.07, 6.45) is 9.78. The van der Waals surface area contributed by atoms with Crippen LogP contribution in [-0.4, -0.2) is 60.7 Å². The third-order valence-corrected chi connectivity index (χ3v) is 8.39. The molecule has 260 valence electrons. The van der Waals surface area contributed by atoms with Crippen molar-refractivity contribution < 1.29 is 14.4 Å². The lowest BCUT2D eigenvalue weighted by molar-refractivity contribution is -0.126. The summed E-state index contributed by atoms with van der Waals surface area (Å²) >= 11 is 0. The maximum atomic E-state index is 12.4. The van der Waals surface area contributed by atoms with Crippen molar-refractivity contribution in [2.45, 2.75) is 20.0 Å². The van der Waals surface area contributed by atoms with Gasteiger partial charge in [0, 0.05) is 82.1 Å². The van der Waals surface area contributed by atoms with Crippen molar-refractivity contribution in [3.8, 4) is 0 Å². The zero-order chi connectivity index (χ0) is 36.5. The lowest BCUT2D eigenvalue weighted by Crippen LogP contribution is -2.25. The topological polar surface area (TPSA) is 131 Å². The van der Waals surface area contributed by atoms with Gasteiger partial charge in [0.15, 0.2) is 0 Å². The summed E-state index contributed by atoms with van der Waals surface area (Å²) in [5.74, 6) is 0.629. The van der Waals surface area contributed by atoms with Gasteiger partial charge in [-0.25, -0.2) is 9.97 Å². The van der Waals surface area contributed by atoms with Crippen LogP contribution in [0.25, 0.3) is 34.0 Å². The van der Waals surface area contributed by atoms with Crippen molar-refractivity contribution >= 4 is 63.3 Å². The molecule has 0 aliphatic rings. The first kappa shape index (κ1) is 35.8. The minimum absolute atomic E-state index is 0.0583. The smallest absolute Gasteiger partial charge is 0.246 e. The zero-order valence-corrected chi connectivity index (χ0v) is 29.4. The maximum Gasteiger partial charge on any atom is 0.246 e. The number of carbonyl (C=O) groups excluding carboxylic acids is 3. The number of amides is 3. The van der Waals surface area contributed by atoms with Gasteiger partial charge >= 0.3 is 0 Å². The van der Waals surface area contributed by atoms with E-state index in [1.165, 1.54) is 18.4 Å². The first-order chi connectivity index (χ1) is 24.5. The molecule has 0 unspecified atom stereocenters. The number of carbonyl (C=O) groups is 3. The number of benzene rings is 2. The molecule has 0 radical (unpaired) electrons. The van der Waals surface area contributed by atoms with Gasteiger partial charge in [-0.05, 0) is 82.6 Å². The minimum atomic E-state index is -0.170. The number of aromatic nitrogens is 4. The number of aryl methyl sites for hydroxylation is 2. The number of para-hydroxylation sites is 2. The van der Waals surface area contributed by atoms with E-state index in [4.69, 9.17) is 5.73 Å². The van der Waals surface area contributed by atoms with Gasteiger partial charge in [-0.3, -0.25) is 14.4 Å². The Kier molecular flexibility index (Phi) is 11.4. The molecule has 2 aromatic carbocycles. The Hall–Kier alpha value is -6.49.